The summed E-state index contributed by atoms with van der Waals surface area (Å²) >= 11 is 12.7. The van der Waals surface area contributed by atoms with E-state index in [1.807, 2.05) is 43.3 Å². The lowest BCUT2D eigenvalue weighted by Gasteiger charge is -2.11. The highest BCUT2D eigenvalue weighted by molar-refractivity contribution is 7.99. The minimum absolute atomic E-state index is 0.227. The molecule has 0 atom stereocenters. The molecule has 7 heteroatoms. The first-order valence-electron chi connectivity index (χ1n) is 7.34. The number of hydrogen-bond donors (Lipinski definition) is 3. The molecule has 24 heavy (non-hydrogen) atoms. The predicted molar refractivity (Wildman–Crippen MR) is 105 cm³/mol. The van der Waals surface area contributed by atoms with Crippen molar-refractivity contribution in [3.8, 4) is 0 Å². The number of carbonyl (C=O) groups excluding carboxylic acids is 1. The first-order valence-corrected chi connectivity index (χ1v) is 9.11. The molecule has 0 fully saturated rings. The van der Waals surface area contributed by atoms with E-state index in [0.29, 0.717) is 17.2 Å². The van der Waals surface area contributed by atoms with Gasteiger partial charge in [-0.25, -0.2) is 0 Å². The Labute approximate surface area is 156 Å². The third kappa shape index (κ3) is 6.39. The number of benzene rings is 2. The number of thiocarbonyl (C=S) groups is 1. The van der Waals surface area contributed by atoms with Crippen molar-refractivity contribution >= 4 is 46.6 Å². The van der Waals surface area contributed by atoms with Gasteiger partial charge >= 0.3 is 0 Å². The van der Waals surface area contributed by atoms with Crippen molar-refractivity contribution < 1.29 is 4.79 Å². The van der Waals surface area contributed by atoms with Gasteiger partial charge in [0, 0.05) is 27.8 Å². The molecule has 0 aliphatic carbocycles. The second-order valence-corrected chi connectivity index (χ2v) is 7.02. The van der Waals surface area contributed by atoms with Crippen LogP contribution in [-0.4, -0.2) is 23.3 Å². The lowest BCUT2D eigenvalue weighted by molar-refractivity contribution is 0.0943. The summed E-state index contributed by atoms with van der Waals surface area (Å²) in [6, 6.07) is 15.0. The van der Waals surface area contributed by atoms with Gasteiger partial charge in [-0.2, -0.15) is 0 Å². The number of halogens is 1. The van der Waals surface area contributed by atoms with Gasteiger partial charge in [-0.1, -0.05) is 29.3 Å². The highest BCUT2D eigenvalue weighted by atomic mass is 35.5. The van der Waals surface area contributed by atoms with Gasteiger partial charge in [-0.15, -0.1) is 11.8 Å². The normalized spacial score (nSPS) is 10.1. The van der Waals surface area contributed by atoms with Gasteiger partial charge < -0.3 is 5.32 Å². The van der Waals surface area contributed by atoms with Crippen LogP contribution in [0, 0.1) is 6.92 Å². The number of carbonyl (C=O) groups is 1. The van der Waals surface area contributed by atoms with E-state index in [0.717, 1.165) is 21.2 Å². The Kier molecular flexibility index (Phi) is 7.36. The van der Waals surface area contributed by atoms with Crippen LogP contribution in [0.1, 0.15) is 15.9 Å². The molecule has 0 unspecified atom stereocenters. The second-order valence-electron chi connectivity index (χ2n) is 5.00. The third-order valence-electron chi connectivity index (χ3n) is 3.07. The van der Waals surface area contributed by atoms with E-state index in [2.05, 4.69) is 16.2 Å². The minimum atomic E-state index is -0.227. The van der Waals surface area contributed by atoms with E-state index in [1.165, 1.54) is 0 Å². The lowest BCUT2D eigenvalue weighted by atomic mass is 10.1. The number of aryl methyl sites for hydroxylation is 1. The molecule has 0 radical (unpaired) electrons. The molecule has 3 N–H and O–H groups in total. The summed E-state index contributed by atoms with van der Waals surface area (Å²) in [5.41, 5.74) is 6.95. The Morgan fingerprint density at radius 1 is 1.08 bits per heavy atom. The molecule has 0 saturated heterocycles. The topological polar surface area (TPSA) is 53.2 Å². The van der Waals surface area contributed by atoms with E-state index in [1.54, 1.807) is 23.9 Å². The smallest absolute Gasteiger partial charge is 0.269 e. The Hall–Kier alpha value is -1.76. The zero-order valence-corrected chi connectivity index (χ0v) is 15.5. The number of thioether (sulfide) groups is 1. The first kappa shape index (κ1) is 18.6. The number of nitrogens with one attached hydrogen (secondary N) is 3. The Balaban J connectivity index is 1.63. The van der Waals surface area contributed by atoms with E-state index < -0.39 is 0 Å². The summed E-state index contributed by atoms with van der Waals surface area (Å²) in [6.45, 7) is 2.65. The van der Waals surface area contributed by atoms with Crippen LogP contribution in [-0.2, 0) is 0 Å². The quantitative estimate of drug-likeness (QED) is 0.321. The maximum absolute atomic E-state index is 11.9. The van der Waals surface area contributed by atoms with Crippen LogP contribution in [0.4, 0.5) is 0 Å². The SMILES string of the molecule is Cc1ccc(C(=O)NNC(=S)NCCSc2ccc(Cl)cc2)cc1. The molecule has 1 amide bonds. The molecular weight excluding hydrogens is 362 g/mol. The summed E-state index contributed by atoms with van der Waals surface area (Å²) in [7, 11) is 0. The van der Waals surface area contributed by atoms with Crippen LogP contribution >= 0.6 is 35.6 Å². The third-order valence-corrected chi connectivity index (χ3v) is 4.59. The van der Waals surface area contributed by atoms with Crippen LogP contribution in [0.5, 0.6) is 0 Å². The molecule has 0 aliphatic rings. The van der Waals surface area contributed by atoms with Gasteiger partial charge in [-0.3, -0.25) is 15.6 Å². The summed E-state index contributed by atoms with van der Waals surface area (Å²) in [6.07, 6.45) is 0. The fourth-order valence-corrected chi connectivity index (χ4v) is 2.85. The molecule has 2 aromatic rings. The lowest BCUT2D eigenvalue weighted by Crippen LogP contribution is -2.47. The Morgan fingerprint density at radius 3 is 2.42 bits per heavy atom. The molecule has 4 nitrogen and oxygen atoms in total. The van der Waals surface area contributed by atoms with Gasteiger partial charge in [0.15, 0.2) is 5.11 Å². The largest absolute Gasteiger partial charge is 0.361 e. The molecule has 0 aromatic heterocycles. The zero-order chi connectivity index (χ0) is 17.4. The fraction of sp³-hybridized carbons (Fsp3) is 0.176. The van der Waals surface area contributed by atoms with E-state index in [-0.39, 0.29) is 5.91 Å². The molecule has 126 valence electrons. The molecule has 0 saturated carbocycles. The Morgan fingerprint density at radius 2 is 1.75 bits per heavy atom. The number of rotatable bonds is 5. The standard InChI is InChI=1S/C17H18ClN3OS2/c1-12-2-4-13(5-3-12)16(22)20-21-17(23)19-10-11-24-15-8-6-14(18)7-9-15/h2-9H,10-11H2,1H3,(H,20,22)(H2,19,21,23). The second kappa shape index (κ2) is 9.52. The molecule has 0 aliphatic heterocycles. The van der Waals surface area contributed by atoms with Crippen molar-refractivity contribution in [2.45, 2.75) is 11.8 Å². The van der Waals surface area contributed by atoms with Crippen LogP contribution in [0.15, 0.2) is 53.4 Å². The summed E-state index contributed by atoms with van der Waals surface area (Å²) in [5.74, 6) is 0.615. The molecule has 0 heterocycles. The van der Waals surface area contributed by atoms with Gasteiger partial charge in [0.1, 0.15) is 0 Å². The van der Waals surface area contributed by atoms with Crippen LogP contribution < -0.4 is 16.2 Å². The Bertz CT molecular complexity index is 690. The summed E-state index contributed by atoms with van der Waals surface area (Å²) in [4.78, 5) is 13.1. The van der Waals surface area contributed by atoms with Crippen LogP contribution in [0.3, 0.4) is 0 Å². The summed E-state index contributed by atoms with van der Waals surface area (Å²) in [5, 5.41) is 4.15. The van der Waals surface area contributed by atoms with Gasteiger partial charge in [-0.05, 0) is 55.5 Å². The number of hydrazine groups is 1. The first-order chi connectivity index (χ1) is 11.5. The van der Waals surface area contributed by atoms with E-state index in [4.69, 9.17) is 23.8 Å². The van der Waals surface area contributed by atoms with Crippen molar-refractivity contribution in [2.24, 2.45) is 0 Å². The van der Waals surface area contributed by atoms with E-state index >= 15 is 0 Å². The molecule has 0 spiro atoms. The van der Waals surface area contributed by atoms with Gasteiger partial charge in [0.2, 0.25) is 0 Å². The predicted octanol–water partition coefficient (Wildman–Crippen LogP) is 3.55. The number of amides is 1. The van der Waals surface area contributed by atoms with Crippen molar-refractivity contribution in [2.75, 3.05) is 12.3 Å². The van der Waals surface area contributed by atoms with Crippen molar-refractivity contribution in [1.29, 1.82) is 0 Å². The fourth-order valence-electron chi connectivity index (χ4n) is 1.80. The van der Waals surface area contributed by atoms with Crippen molar-refractivity contribution in [3.63, 3.8) is 0 Å². The highest BCUT2D eigenvalue weighted by Gasteiger charge is 2.04. The maximum Gasteiger partial charge on any atom is 0.269 e. The maximum atomic E-state index is 11.9. The van der Waals surface area contributed by atoms with Crippen LogP contribution in [0.2, 0.25) is 5.02 Å². The van der Waals surface area contributed by atoms with Gasteiger partial charge in [0.05, 0.1) is 0 Å². The monoisotopic (exact) mass is 379 g/mol. The average Bonchev–Trinajstić information content (AvgIpc) is 2.59. The van der Waals surface area contributed by atoms with Gasteiger partial charge in [0.25, 0.3) is 5.91 Å². The van der Waals surface area contributed by atoms with Crippen LogP contribution in [0.25, 0.3) is 0 Å². The van der Waals surface area contributed by atoms with E-state index in [9.17, 15) is 4.79 Å². The van der Waals surface area contributed by atoms with Crippen molar-refractivity contribution in [3.05, 3.63) is 64.7 Å². The molecule has 2 aromatic carbocycles. The molecule has 2 rings (SSSR count). The average molecular weight is 380 g/mol. The highest BCUT2D eigenvalue weighted by Crippen LogP contribution is 2.19. The molecular formula is C17H18ClN3OS2. The van der Waals surface area contributed by atoms with Crippen molar-refractivity contribution in [1.82, 2.24) is 16.2 Å². The minimum Gasteiger partial charge on any atom is -0.361 e. The number of hydrogen-bond acceptors (Lipinski definition) is 3. The zero-order valence-electron chi connectivity index (χ0n) is 13.1. The summed E-state index contributed by atoms with van der Waals surface area (Å²) < 4.78 is 0. The molecule has 0 bridgehead atoms.